The van der Waals surface area contributed by atoms with Gasteiger partial charge in [0.2, 0.25) is 5.95 Å². The van der Waals surface area contributed by atoms with E-state index >= 15 is 0 Å². The van der Waals surface area contributed by atoms with Gasteiger partial charge in [0.05, 0.1) is 12.7 Å². The number of amides is 1. The van der Waals surface area contributed by atoms with Crippen molar-refractivity contribution in [2.45, 2.75) is 13.3 Å². The second-order valence-electron chi connectivity index (χ2n) is 6.14. The Hall–Kier alpha value is -3.41. The first kappa shape index (κ1) is 18.4. The Morgan fingerprint density at radius 2 is 1.67 bits per heavy atom. The molecule has 1 amide bonds. The number of hydrogen-bond acceptors (Lipinski definition) is 5. The first-order chi connectivity index (χ1) is 13.1. The van der Waals surface area contributed by atoms with Crippen LogP contribution < -0.4 is 15.4 Å². The van der Waals surface area contributed by atoms with Gasteiger partial charge in [-0.1, -0.05) is 29.8 Å². The summed E-state index contributed by atoms with van der Waals surface area (Å²) >= 11 is 0. The molecule has 0 aliphatic carbocycles. The number of hydrogen-bond donors (Lipinski definition) is 2. The minimum Gasteiger partial charge on any atom is -0.497 e. The van der Waals surface area contributed by atoms with Crippen molar-refractivity contribution in [3.05, 3.63) is 77.6 Å². The van der Waals surface area contributed by atoms with E-state index < -0.39 is 0 Å². The van der Waals surface area contributed by atoms with Crippen LogP contribution in [0.2, 0.25) is 0 Å². The highest BCUT2D eigenvalue weighted by atomic mass is 16.5. The molecule has 0 saturated carbocycles. The van der Waals surface area contributed by atoms with Gasteiger partial charge in [0.1, 0.15) is 5.75 Å². The molecule has 6 nitrogen and oxygen atoms in total. The van der Waals surface area contributed by atoms with Crippen LogP contribution >= 0.6 is 0 Å². The molecule has 0 saturated heterocycles. The normalized spacial score (nSPS) is 10.3. The third kappa shape index (κ3) is 5.28. The molecule has 2 N–H and O–H groups in total. The van der Waals surface area contributed by atoms with E-state index in [9.17, 15) is 4.79 Å². The molecule has 0 unspecified atom stereocenters. The highest BCUT2D eigenvalue weighted by Crippen LogP contribution is 2.12. The Morgan fingerprint density at radius 3 is 2.30 bits per heavy atom. The highest BCUT2D eigenvalue weighted by molar-refractivity contribution is 6.03. The van der Waals surface area contributed by atoms with Gasteiger partial charge in [0.15, 0.2) is 0 Å². The Kier molecular flexibility index (Phi) is 5.99. The highest BCUT2D eigenvalue weighted by Gasteiger charge is 2.07. The molecule has 3 rings (SSSR count). The molecule has 138 valence electrons. The molecular formula is C21H22N4O2. The summed E-state index contributed by atoms with van der Waals surface area (Å²) in [7, 11) is 1.65. The van der Waals surface area contributed by atoms with Gasteiger partial charge >= 0.3 is 0 Å². The Morgan fingerprint density at radius 1 is 1.00 bits per heavy atom. The number of anilines is 2. The lowest BCUT2D eigenvalue weighted by atomic mass is 10.1. The van der Waals surface area contributed by atoms with E-state index in [1.54, 1.807) is 7.11 Å². The third-order valence-corrected chi connectivity index (χ3v) is 4.08. The first-order valence-corrected chi connectivity index (χ1v) is 8.71. The van der Waals surface area contributed by atoms with Crippen molar-refractivity contribution >= 4 is 17.5 Å². The van der Waals surface area contributed by atoms with Gasteiger partial charge < -0.3 is 15.4 Å². The van der Waals surface area contributed by atoms with Crippen LogP contribution in [0.4, 0.5) is 11.6 Å². The number of nitrogens with zero attached hydrogens (tertiary/aromatic N) is 2. The molecule has 0 radical (unpaired) electrons. The minimum atomic E-state index is -0.233. The zero-order valence-corrected chi connectivity index (χ0v) is 15.4. The Labute approximate surface area is 158 Å². The van der Waals surface area contributed by atoms with Gasteiger partial charge in [-0.25, -0.2) is 9.97 Å². The number of carbonyl (C=O) groups excluding carboxylic acids is 1. The van der Waals surface area contributed by atoms with E-state index in [1.165, 1.54) is 18.0 Å². The molecule has 1 aromatic heterocycles. The van der Waals surface area contributed by atoms with Gasteiger partial charge in [-0.05, 0) is 43.2 Å². The zero-order chi connectivity index (χ0) is 19.1. The average Bonchev–Trinajstić information content (AvgIpc) is 2.71. The van der Waals surface area contributed by atoms with E-state index in [-0.39, 0.29) is 5.91 Å². The largest absolute Gasteiger partial charge is 0.497 e. The Bertz CT molecular complexity index is 876. The molecule has 1 heterocycles. The van der Waals surface area contributed by atoms with Crippen molar-refractivity contribution in [1.29, 1.82) is 0 Å². The summed E-state index contributed by atoms with van der Waals surface area (Å²) in [5.74, 6) is 1.11. The number of aryl methyl sites for hydroxylation is 1. The summed E-state index contributed by atoms with van der Waals surface area (Å²) in [5.41, 5.74) is 3.49. The van der Waals surface area contributed by atoms with Crippen molar-refractivity contribution in [3.8, 4) is 5.75 Å². The van der Waals surface area contributed by atoms with Crippen molar-refractivity contribution in [3.63, 3.8) is 0 Å². The molecule has 2 aromatic carbocycles. The van der Waals surface area contributed by atoms with Gasteiger partial charge in [-0.3, -0.25) is 4.79 Å². The zero-order valence-electron chi connectivity index (χ0n) is 15.4. The summed E-state index contributed by atoms with van der Waals surface area (Å²) in [6.07, 6.45) is 3.88. The number of methoxy groups -OCH3 is 1. The van der Waals surface area contributed by atoms with Crippen molar-refractivity contribution in [1.82, 2.24) is 9.97 Å². The summed E-state index contributed by atoms with van der Waals surface area (Å²) in [6.45, 7) is 2.70. The van der Waals surface area contributed by atoms with Crippen LogP contribution in [0.25, 0.3) is 0 Å². The molecule has 0 bridgehead atoms. The molecule has 0 aliphatic heterocycles. The molecule has 0 aliphatic rings. The smallest absolute Gasteiger partial charge is 0.258 e. The van der Waals surface area contributed by atoms with Crippen molar-refractivity contribution < 1.29 is 9.53 Å². The summed E-state index contributed by atoms with van der Waals surface area (Å²) in [5, 5.41) is 5.99. The van der Waals surface area contributed by atoms with Crippen LogP contribution in [0.5, 0.6) is 5.75 Å². The lowest BCUT2D eigenvalue weighted by molar-refractivity contribution is 0.102. The molecule has 6 heteroatoms. The SMILES string of the molecule is COc1ccc(CCNc2ncc(C(=O)Nc3ccc(C)cc3)cn2)cc1. The number of carbonyl (C=O) groups is 1. The minimum absolute atomic E-state index is 0.233. The number of nitrogens with one attached hydrogen (secondary N) is 2. The van der Waals surface area contributed by atoms with E-state index in [4.69, 9.17) is 4.74 Å². The fraction of sp³-hybridized carbons (Fsp3) is 0.190. The van der Waals surface area contributed by atoms with Crippen LogP contribution in [0.15, 0.2) is 60.9 Å². The topological polar surface area (TPSA) is 76.1 Å². The number of rotatable bonds is 7. The predicted octanol–water partition coefficient (Wildman–Crippen LogP) is 3.70. The maximum Gasteiger partial charge on any atom is 0.258 e. The number of aromatic nitrogens is 2. The van der Waals surface area contributed by atoms with Crippen molar-refractivity contribution in [2.24, 2.45) is 0 Å². The first-order valence-electron chi connectivity index (χ1n) is 8.71. The summed E-state index contributed by atoms with van der Waals surface area (Å²) < 4.78 is 5.15. The molecule has 27 heavy (non-hydrogen) atoms. The summed E-state index contributed by atoms with van der Waals surface area (Å²) in [4.78, 5) is 20.7. The van der Waals surface area contributed by atoms with E-state index in [2.05, 4.69) is 20.6 Å². The van der Waals surface area contributed by atoms with Crippen LogP contribution in [0.3, 0.4) is 0 Å². The maximum absolute atomic E-state index is 12.2. The standard InChI is InChI=1S/C21H22N4O2/c1-15-3-7-18(8-4-15)25-20(26)17-13-23-21(24-14-17)22-12-11-16-5-9-19(27-2)10-6-16/h3-10,13-14H,11-12H2,1-2H3,(H,25,26)(H,22,23,24). The molecule has 3 aromatic rings. The molecule has 0 atom stereocenters. The van der Waals surface area contributed by atoms with E-state index in [0.717, 1.165) is 23.4 Å². The summed E-state index contributed by atoms with van der Waals surface area (Å²) in [6, 6.07) is 15.6. The maximum atomic E-state index is 12.2. The van der Waals surface area contributed by atoms with Crippen LogP contribution in [-0.4, -0.2) is 29.5 Å². The lowest BCUT2D eigenvalue weighted by Gasteiger charge is -2.07. The van der Waals surface area contributed by atoms with Crippen LogP contribution in [-0.2, 0) is 6.42 Å². The molecule has 0 spiro atoms. The van der Waals surface area contributed by atoms with Gasteiger partial charge in [0, 0.05) is 24.6 Å². The van der Waals surface area contributed by atoms with Crippen LogP contribution in [0.1, 0.15) is 21.5 Å². The van der Waals surface area contributed by atoms with Crippen molar-refractivity contribution in [2.75, 3.05) is 24.3 Å². The quantitative estimate of drug-likeness (QED) is 0.670. The third-order valence-electron chi connectivity index (χ3n) is 4.08. The number of ether oxygens (including phenoxy) is 1. The monoisotopic (exact) mass is 362 g/mol. The fourth-order valence-electron chi connectivity index (χ4n) is 2.49. The fourth-order valence-corrected chi connectivity index (χ4v) is 2.49. The van der Waals surface area contributed by atoms with Gasteiger partial charge in [-0.2, -0.15) is 0 Å². The number of benzene rings is 2. The second kappa shape index (κ2) is 8.80. The molecular weight excluding hydrogens is 340 g/mol. The lowest BCUT2D eigenvalue weighted by Crippen LogP contribution is -2.14. The van der Waals surface area contributed by atoms with Gasteiger partial charge in [-0.15, -0.1) is 0 Å². The van der Waals surface area contributed by atoms with Crippen LogP contribution in [0, 0.1) is 6.92 Å². The van der Waals surface area contributed by atoms with E-state index in [1.807, 2.05) is 55.5 Å². The Balaban J connectivity index is 1.50. The van der Waals surface area contributed by atoms with E-state index in [0.29, 0.717) is 18.1 Å². The second-order valence-corrected chi connectivity index (χ2v) is 6.14. The average molecular weight is 362 g/mol. The molecule has 0 fully saturated rings. The van der Waals surface area contributed by atoms with Gasteiger partial charge in [0.25, 0.3) is 5.91 Å². The predicted molar refractivity (Wildman–Crippen MR) is 106 cm³/mol.